The Bertz CT molecular complexity index is 384. The quantitative estimate of drug-likeness (QED) is 0.860. The first-order valence-corrected chi connectivity index (χ1v) is 6.33. The maximum Gasteiger partial charge on any atom is 0.124 e. The van der Waals surface area contributed by atoms with E-state index in [1.54, 1.807) is 6.07 Å². The van der Waals surface area contributed by atoms with Gasteiger partial charge in [0.25, 0.3) is 0 Å². The number of benzene rings is 1. The standard InChI is InChI=1S/C13H21ClFN3/c1-17(2)6-7-18(3)13(9-16)11-5-4-10(15)8-12(11)14/h4-5,8,13H,6-7,9,16H2,1-3H3. The van der Waals surface area contributed by atoms with Crippen LogP contribution < -0.4 is 5.73 Å². The molecule has 0 aliphatic rings. The molecule has 0 heterocycles. The molecule has 1 unspecified atom stereocenters. The van der Waals surface area contributed by atoms with Crippen LogP contribution in [-0.2, 0) is 0 Å². The molecule has 5 heteroatoms. The average Bonchev–Trinajstić information content (AvgIpc) is 2.30. The van der Waals surface area contributed by atoms with Crippen LogP contribution in [-0.4, -0.2) is 50.6 Å². The number of nitrogens with two attached hydrogens (primary N) is 1. The Labute approximate surface area is 113 Å². The van der Waals surface area contributed by atoms with Crippen molar-refractivity contribution in [1.82, 2.24) is 9.80 Å². The normalized spacial score (nSPS) is 13.3. The van der Waals surface area contributed by atoms with Gasteiger partial charge in [-0.15, -0.1) is 0 Å². The fraction of sp³-hybridized carbons (Fsp3) is 0.538. The molecule has 2 N–H and O–H groups in total. The van der Waals surface area contributed by atoms with Crippen molar-refractivity contribution in [3.05, 3.63) is 34.6 Å². The summed E-state index contributed by atoms with van der Waals surface area (Å²) in [5.74, 6) is -0.324. The fourth-order valence-corrected chi connectivity index (χ4v) is 2.12. The summed E-state index contributed by atoms with van der Waals surface area (Å²) in [6.45, 7) is 2.27. The molecule has 0 fully saturated rings. The predicted octanol–water partition coefficient (Wildman–Crippen LogP) is 1.97. The van der Waals surface area contributed by atoms with Crippen molar-refractivity contribution in [3.63, 3.8) is 0 Å². The summed E-state index contributed by atoms with van der Waals surface area (Å²) in [5.41, 5.74) is 6.69. The molecule has 1 rings (SSSR count). The van der Waals surface area contributed by atoms with Gasteiger partial charge in [0.05, 0.1) is 0 Å². The van der Waals surface area contributed by atoms with Gasteiger partial charge < -0.3 is 10.6 Å². The Morgan fingerprint density at radius 1 is 1.28 bits per heavy atom. The van der Waals surface area contributed by atoms with Crippen LogP contribution in [0.3, 0.4) is 0 Å². The van der Waals surface area contributed by atoms with Crippen molar-refractivity contribution in [2.75, 3.05) is 40.8 Å². The van der Waals surface area contributed by atoms with Crippen LogP contribution in [0.5, 0.6) is 0 Å². The number of hydrogen-bond donors (Lipinski definition) is 1. The lowest BCUT2D eigenvalue weighted by Crippen LogP contribution is -2.35. The average molecular weight is 274 g/mol. The van der Waals surface area contributed by atoms with E-state index in [-0.39, 0.29) is 11.9 Å². The molecule has 0 bridgehead atoms. The molecule has 1 aromatic carbocycles. The van der Waals surface area contributed by atoms with E-state index < -0.39 is 0 Å². The second kappa shape index (κ2) is 7.04. The molecule has 0 radical (unpaired) electrons. The highest BCUT2D eigenvalue weighted by Crippen LogP contribution is 2.26. The first kappa shape index (κ1) is 15.4. The van der Waals surface area contributed by atoms with Crippen LogP contribution in [0.2, 0.25) is 5.02 Å². The molecule has 0 aliphatic carbocycles. The number of nitrogens with zero attached hydrogens (tertiary/aromatic N) is 2. The van der Waals surface area contributed by atoms with Gasteiger partial charge in [0.1, 0.15) is 5.82 Å². The summed E-state index contributed by atoms with van der Waals surface area (Å²) >= 11 is 6.08. The molecule has 1 aromatic rings. The van der Waals surface area contributed by atoms with Gasteiger partial charge in [-0.2, -0.15) is 0 Å². The molecule has 0 saturated heterocycles. The largest absolute Gasteiger partial charge is 0.329 e. The summed E-state index contributed by atoms with van der Waals surface area (Å²) in [6.07, 6.45) is 0. The lowest BCUT2D eigenvalue weighted by molar-refractivity contribution is 0.223. The van der Waals surface area contributed by atoms with Crippen molar-refractivity contribution < 1.29 is 4.39 Å². The van der Waals surface area contributed by atoms with E-state index in [2.05, 4.69) is 9.80 Å². The van der Waals surface area contributed by atoms with Gasteiger partial charge in [-0.1, -0.05) is 17.7 Å². The number of halogens is 2. The molecule has 1 atom stereocenters. The number of rotatable bonds is 6. The molecule has 102 valence electrons. The van der Waals surface area contributed by atoms with Crippen molar-refractivity contribution in [2.24, 2.45) is 5.73 Å². The lowest BCUT2D eigenvalue weighted by Gasteiger charge is -2.29. The summed E-state index contributed by atoms with van der Waals surface area (Å²) in [4.78, 5) is 4.25. The summed E-state index contributed by atoms with van der Waals surface area (Å²) in [6, 6.07) is 4.47. The summed E-state index contributed by atoms with van der Waals surface area (Å²) in [7, 11) is 6.05. The molecule has 18 heavy (non-hydrogen) atoms. The third kappa shape index (κ3) is 4.21. The zero-order valence-corrected chi connectivity index (χ0v) is 11.9. The number of hydrogen-bond acceptors (Lipinski definition) is 3. The first-order valence-electron chi connectivity index (χ1n) is 5.95. The minimum atomic E-state index is -0.324. The van der Waals surface area contributed by atoms with Crippen LogP contribution in [0.4, 0.5) is 4.39 Å². The Balaban J connectivity index is 2.81. The van der Waals surface area contributed by atoms with Crippen LogP contribution in [0, 0.1) is 5.82 Å². The molecule has 0 amide bonds. The van der Waals surface area contributed by atoms with E-state index in [4.69, 9.17) is 17.3 Å². The maximum atomic E-state index is 13.0. The minimum Gasteiger partial charge on any atom is -0.329 e. The molecular weight excluding hydrogens is 253 g/mol. The Morgan fingerprint density at radius 3 is 2.44 bits per heavy atom. The molecule has 3 nitrogen and oxygen atoms in total. The Hall–Kier alpha value is -0.680. The lowest BCUT2D eigenvalue weighted by atomic mass is 10.1. The molecule has 0 saturated carbocycles. The Kier molecular flexibility index (Phi) is 6.02. The van der Waals surface area contributed by atoms with Crippen molar-refractivity contribution >= 4 is 11.6 Å². The van der Waals surface area contributed by atoms with E-state index in [9.17, 15) is 4.39 Å². The highest BCUT2D eigenvalue weighted by molar-refractivity contribution is 6.31. The van der Waals surface area contributed by atoms with Crippen molar-refractivity contribution in [1.29, 1.82) is 0 Å². The smallest absolute Gasteiger partial charge is 0.124 e. The summed E-state index contributed by atoms with van der Waals surface area (Å²) in [5, 5.41) is 0.433. The van der Waals surface area contributed by atoms with Gasteiger partial charge in [-0.05, 0) is 38.8 Å². The van der Waals surface area contributed by atoms with Crippen molar-refractivity contribution in [2.45, 2.75) is 6.04 Å². The third-order valence-corrected chi connectivity index (χ3v) is 3.30. The summed E-state index contributed by atoms with van der Waals surface area (Å²) < 4.78 is 13.0. The van der Waals surface area contributed by atoms with Crippen LogP contribution in [0.15, 0.2) is 18.2 Å². The van der Waals surface area contributed by atoms with E-state index in [1.807, 2.05) is 21.1 Å². The predicted molar refractivity (Wildman–Crippen MR) is 74.4 cm³/mol. The second-order valence-corrected chi connectivity index (χ2v) is 5.11. The maximum absolute atomic E-state index is 13.0. The van der Waals surface area contributed by atoms with E-state index >= 15 is 0 Å². The third-order valence-electron chi connectivity index (χ3n) is 2.98. The molecule has 0 spiro atoms. The topological polar surface area (TPSA) is 32.5 Å². The van der Waals surface area contributed by atoms with Gasteiger partial charge in [0, 0.05) is 30.7 Å². The highest BCUT2D eigenvalue weighted by atomic mass is 35.5. The van der Waals surface area contributed by atoms with Crippen molar-refractivity contribution in [3.8, 4) is 0 Å². The SMILES string of the molecule is CN(C)CCN(C)C(CN)c1ccc(F)cc1Cl. The van der Waals surface area contributed by atoms with E-state index in [1.165, 1.54) is 12.1 Å². The minimum absolute atomic E-state index is 0.0121. The molecule has 0 aromatic heterocycles. The Morgan fingerprint density at radius 2 is 1.94 bits per heavy atom. The zero-order valence-electron chi connectivity index (χ0n) is 11.2. The molecular formula is C13H21ClFN3. The van der Waals surface area contributed by atoms with Gasteiger partial charge in [-0.25, -0.2) is 4.39 Å². The number of likely N-dealkylation sites (N-methyl/N-ethyl adjacent to an activating group) is 2. The van der Waals surface area contributed by atoms with Gasteiger partial charge in [0.2, 0.25) is 0 Å². The van der Waals surface area contributed by atoms with Crippen LogP contribution in [0.1, 0.15) is 11.6 Å². The zero-order chi connectivity index (χ0) is 13.7. The van der Waals surface area contributed by atoms with Crippen LogP contribution in [0.25, 0.3) is 0 Å². The first-order chi connectivity index (χ1) is 8.45. The fourth-order valence-electron chi connectivity index (χ4n) is 1.83. The van der Waals surface area contributed by atoms with E-state index in [0.717, 1.165) is 18.7 Å². The van der Waals surface area contributed by atoms with E-state index in [0.29, 0.717) is 11.6 Å². The van der Waals surface area contributed by atoms with Gasteiger partial charge >= 0.3 is 0 Å². The van der Waals surface area contributed by atoms with Crippen LogP contribution >= 0.6 is 11.6 Å². The van der Waals surface area contributed by atoms with Gasteiger partial charge in [0.15, 0.2) is 0 Å². The highest BCUT2D eigenvalue weighted by Gasteiger charge is 2.18. The molecule has 0 aliphatic heterocycles. The monoisotopic (exact) mass is 273 g/mol. The second-order valence-electron chi connectivity index (χ2n) is 4.70. The van der Waals surface area contributed by atoms with Gasteiger partial charge in [-0.3, -0.25) is 4.90 Å².